The molecule has 0 radical (unpaired) electrons. The van der Waals surface area contributed by atoms with Crippen LogP contribution in [0.15, 0.2) is 48.0 Å². The maximum absolute atomic E-state index is 13.4. The molecule has 1 unspecified atom stereocenters. The number of rotatable bonds is 10. The number of likely N-dealkylation sites (tertiary alicyclic amines) is 1. The normalized spacial score (nSPS) is 17.6. The molecule has 0 spiro atoms. The van der Waals surface area contributed by atoms with Crippen molar-refractivity contribution >= 4 is 17.4 Å². The molecule has 1 aliphatic heterocycles. The standard InChI is InChI=1S/C32H43NO5/c1-9-37-26-16-13-23(19-25(26)20(2)3)29(34)27-28(22-11-14-24(15-12-22)32(6,7)8)33(31(36)30(27)35)17-10-18-38-21(4)5/h11-16,19-21,28,34H,9-10,17-18H2,1-8H3/b29-27-. The second-order valence-corrected chi connectivity index (χ2v) is 11.5. The van der Waals surface area contributed by atoms with E-state index in [2.05, 4.69) is 34.6 Å². The summed E-state index contributed by atoms with van der Waals surface area (Å²) in [5.41, 5.74) is 3.44. The molecule has 1 amide bonds. The molecule has 1 fully saturated rings. The molecule has 0 aromatic heterocycles. The van der Waals surface area contributed by atoms with Gasteiger partial charge in [-0.2, -0.15) is 0 Å². The van der Waals surface area contributed by atoms with E-state index >= 15 is 0 Å². The lowest BCUT2D eigenvalue weighted by atomic mass is 9.85. The molecule has 2 aromatic carbocycles. The number of aliphatic hydroxyl groups excluding tert-OH is 1. The van der Waals surface area contributed by atoms with E-state index in [0.29, 0.717) is 31.7 Å². The summed E-state index contributed by atoms with van der Waals surface area (Å²) in [5, 5.41) is 11.5. The van der Waals surface area contributed by atoms with Crippen molar-refractivity contribution in [1.29, 1.82) is 0 Å². The van der Waals surface area contributed by atoms with Crippen LogP contribution in [0.4, 0.5) is 0 Å². The summed E-state index contributed by atoms with van der Waals surface area (Å²) in [6.07, 6.45) is 0.670. The van der Waals surface area contributed by atoms with E-state index in [9.17, 15) is 14.7 Å². The van der Waals surface area contributed by atoms with Crippen molar-refractivity contribution < 1.29 is 24.2 Å². The number of ether oxygens (including phenoxy) is 2. The number of carbonyl (C=O) groups is 2. The zero-order valence-electron chi connectivity index (χ0n) is 24.1. The summed E-state index contributed by atoms with van der Waals surface area (Å²) < 4.78 is 11.4. The highest BCUT2D eigenvalue weighted by Gasteiger charge is 2.46. The Kier molecular flexibility index (Phi) is 9.42. The highest BCUT2D eigenvalue weighted by molar-refractivity contribution is 6.46. The number of carbonyl (C=O) groups excluding carboxylic acids is 2. The van der Waals surface area contributed by atoms with Gasteiger partial charge in [-0.25, -0.2) is 0 Å². The van der Waals surface area contributed by atoms with Crippen molar-refractivity contribution in [3.05, 3.63) is 70.3 Å². The molecule has 1 aliphatic rings. The maximum Gasteiger partial charge on any atom is 0.295 e. The SMILES string of the molecule is CCOc1ccc(/C(O)=C2/C(=O)C(=O)N(CCCOC(C)C)C2c2ccc(C(C)(C)C)cc2)cc1C(C)C. The number of hydrogen-bond donors (Lipinski definition) is 1. The molecule has 6 heteroatoms. The number of benzene rings is 2. The molecule has 206 valence electrons. The molecule has 1 N–H and O–H groups in total. The van der Waals surface area contributed by atoms with Crippen LogP contribution >= 0.6 is 0 Å². The van der Waals surface area contributed by atoms with Gasteiger partial charge >= 0.3 is 0 Å². The third-order valence-corrected chi connectivity index (χ3v) is 6.83. The summed E-state index contributed by atoms with van der Waals surface area (Å²) in [7, 11) is 0. The van der Waals surface area contributed by atoms with Crippen molar-refractivity contribution in [1.82, 2.24) is 4.90 Å². The van der Waals surface area contributed by atoms with E-state index in [1.165, 1.54) is 0 Å². The number of amides is 1. The highest BCUT2D eigenvalue weighted by atomic mass is 16.5. The van der Waals surface area contributed by atoms with Crippen LogP contribution in [0.1, 0.15) is 96.0 Å². The number of nitrogens with zero attached hydrogens (tertiary/aromatic N) is 1. The van der Waals surface area contributed by atoms with Gasteiger partial charge < -0.3 is 19.5 Å². The minimum Gasteiger partial charge on any atom is -0.507 e. The molecule has 0 aliphatic carbocycles. The Morgan fingerprint density at radius 2 is 1.68 bits per heavy atom. The van der Waals surface area contributed by atoms with Gasteiger partial charge in [-0.15, -0.1) is 0 Å². The third-order valence-electron chi connectivity index (χ3n) is 6.83. The van der Waals surface area contributed by atoms with Gasteiger partial charge in [0, 0.05) is 18.7 Å². The minimum atomic E-state index is -0.683. The van der Waals surface area contributed by atoms with Gasteiger partial charge in [-0.3, -0.25) is 9.59 Å². The first-order valence-electron chi connectivity index (χ1n) is 13.6. The van der Waals surface area contributed by atoms with Crippen molar-refractivity contribution in [3.63, 3.8) is 0 Å². The topological polar surface area (TPSA) is 76.1 Å². The molecule has 1 saturated heterocycles. The first-order chi connectivity index (χ1) is 17.9. The predicted molar refractivity (Wildman–Crippen MR) is 152 cm³/mol. The van der Waals surface area contributed by atoms with Crippen LogP contribution in [0.5, 0.6) is 5.75 Å². The quantitative estimate of drug-likeness (QED) is 0.162. The van der Waals surface area contributed by atoms with E-state index < -0.39 is 17.7 Å². The van der Waals surface area contributed by atoms with Crippen LogP contribution in [-0.4, -0.2) is 47.6 Å². The van der Waals surface area contributed by atoms with Gasteiger partial charge in [-0.05, 0) is 73.4 Å². The first-order valence-corrected chi connectivity index (χ1v) is 13.6. The zero-order chi connectivity index (χ0) is 28.2. The Balaban J connectivity index is 2.11. The van der Waals surface area contributed by atoms with Gasteiger partial charge in [0.1, 0.15) is 11.5 Å². The van der Waals surface area contributed by atoms with Gasteiger partial charge in [0.15, 0.2) is 0 Å². The Morgan fingerprint density at radius 3 is 2.24 bits per heavy atom. The fraction of sp³-hybridized carbons (Fsp3) is 0.500. The first kappa shape index (κ1) is 29.4. The van der Waals surface area contributed by atoms with E-state index in [0.717, 1.165) is 22.4 Å². The van der Waals surface area contributed by atoms with E-state index in [4.69, 9.17) is 9.47 Å². The van der Waals surface area contributed by atoms with Gasteiger partial charge in [0.25, 0.3) is 11.7 Å². The second-order valence-electron chi connectivity index (χ2n) is 11.5. The van der Waals surface area contributed by atoms with Gasteiger partial charge in [0.05, 0.1) is 24.3 Å². The maximum atomic E-state index is 13.4. The summed E-state index contributed by atoms with van der Waals surface area (Å²) >= 11 is 0. The number of ketones is 1. The number of hydrogen-bond acceptors (Lipinski definition) is 5. The molecule has 38 heavy (non-hydrogen) atoms. The molecular weight excluding hydrogens is 478 g/mol. The second kappa shape index (κ2) is 12.2. The zero-order valence-corrected chi connectivity index (χ0v) is 24.1. The fourth-order valence-corrected chi connectivity index (χ4v) is 4.77. The Bertz CT molecular complexity index is 1170. The molecule has 6 nitrogen and oxygen atoms in total. The molecule has 1 heterocycles. The van der Waals surface area contributed by atoms with Crippen LogP contribution in [0.3, 0.4) is 0 Å². The molecule has 0 bridgehead atoms. The molecular formula is C32H43NO5. The van der Waals surface area contributed by atoms with Crippen molar-refractivity contribution in [2.24, 2.45) is 0 Å². The highest BCUT2D eigenvalue weighted by Crippen LogP contribution is 2.41. The molecule has 2 aromatic rings. The lowest BCUT2D eigenvalue weighted by Crippen LogP contribution is -2.31. The lowest BCUT2D eigenvalue weighted by Gasteiger charge is -2.27. The summed E-state index contributed by atoms with van der Waals surface area (Å²) in [5.74, 6) is -0.542. The van der Waals surface area contributed by atoms with Crippen LogP contribution < -0.4 is 4.74 Å². The summed E-state index contributed by atoms with van der Waals surface area (Å²) in [6, 6.07) is 12.7. The Morgan fingerprint density at radius 1 is 1.03 bits per heavy atom. The fourth-order valence-electron chi connectivity index (χ4n) is 4.77. The van der Waals surface area contributed by atoms with E-state index in [1.54, 1.807) is 11.0 Å². The van der Waals surface area contributed by atoms with Crippen LogP contribution in [0.2, 0.25) is 0 Å². The van der Waals surface area contributed by atoms with Crippen LogP contribution in [0, 0.1) is 0 Å². The molecule has 3 rings (SSSR count). The van der Waals surface area contributed by atoms with Crippen molar-refractivity contribution in [2.45, 2.75) is 85.3 Å². The molecule has 0 saturated carbocycles. The monoisotopic (exact) mass is 521 g/mol. The third kappa shape index (κ3) is 6.47. The van der Waals surface area contributed by atoms with Gasteiger partial charge in [0.2, 0.25) is 0 Å². The predicted octanol–water partition coefficient (Wildman–Crippen LogP) is 6.74. The summed E-state index contributed by atoms with van der Waals surface area (Å²) in [6.45, 7) is 17.7. The number of aliphatic hydroxyl groups is 1. The van der Waals surface area contributed by atoms with Gasteiger partial charge in [-0.1, -0.05) is 58.9 Å². The Labute approximate surface area is 227 Å². The Hall–Kier alpha value is -3.12. The van der Waals surface area contributed by atoms with Crippen molar-refractivity contribution in [3.8, 4) is 5.75 Å². The average molecular weight is 522 g/mol. The van der Waals surface area contributed by atoms with Crippen LogP contribution in [0.25, 0.3) is 5.76 Å². The smallest absolute Gasteiger partial charge is 0.295 e. The van der Waals surface area contributed by atoms with Crippen molar-refractivity contribution in [2.75, 3.05) is 19.8 Å². The molecule has 1 atom stereocenters. The lowest BCUT2D eigenvalue weighted by molar-refractivity contribution is -0.140. The van der Waals surface area contributed by atoms with E-state index in [1.807, 2.05) is 57.2 Å². The number of Topliss-reactive ketones (excluding diaryl/α,β-unsaturated/α-hetero) is 1. The minimum absolute atomic E-state index is 0.0376. The summed E-state index contributed by atoms with van der Waals surface area (Å²) in [4.78, 5) is 28.2. The average Bonchev–Trinajstić information content (AvgIpc) is 3.10. The van der Waals surface area contributed by atoms with E-state index in [-0.39, 0.29) is 28.8 Å². The van der Waals surface area contributed by atoms with Crippen LogP contribution in [-0.2, 0) is 19.7 Å². The largest absolute Gasteiger partial charge is 0.507 e.